The molecular formula is C25H29N5O4S2. The van der Waals surface area contributed by atoms with Crippen LogP contribution in [0.15, 0.2) is 45.7 Å². The maximum atomic E-state index is 11.7. The molecule has 4 heterocycles. The summed E-state index contributed by atoms with van der Waals surface area (Å²) in [6.45, 7) is 7.87. The molecule has 0 aliphatic carbocycles. The fourth-order valence-corrected chi connectivity index (χ4v) is 5.79. The van der Waals surface area contributed by atoms with Crippen molar-refractivity contribution >= 4 is 37.5 Å². The topological polar surface area (TPSA) is 111 Å². The Hall–Kier alpha value is -3.05. The lowest BCUT2D eigenvalue weighted by molar-refractivity contribution is 0.132. The van der Waals surface area contributed by atoms with Crippen LogP contribution in [-0.4, -0.2) is 54.0 Å². The van der Waals surface area contributed by atoms with Gasteiger partial charge in [0.15, 0.2) is 9.84 Å². The van der Waals surface area contributed by atoms with E-state index in [0.29, 0.717) is 23.0 Å². The third-order valence-electron chi connectivity index (χ3n) is 6.50. The molecule has 0 bridgehead atoms. The molecule has 190 valence electrons. The minimum Gasteiger partial charge on any atom is -0.467 e. The first-order chi connectivity index (χ1) is 17.2. The van der Waals surface area contributed by atoms with Gasteiger partial charge in [-0.15, -0.1) is 5.10 Å². The Bertz CT molecular complexity index is 1460. The zero-order chi connectivity index (χ0) is 25.4. The van der Waals surface area contributed by atoms with Gasteiger partial charge >= 0.3 is 6.01 Å². The summed E-state index contributed by atoms with van der Waals surface area (Å²) in [5, 5.41) is 8.95. The molecule has 0 radical (unpaired) electrons. The van der Waals surface area contributed by atoms with Gasteiger partial charge in [-0.3, -0.25) is 0 Å². The van der Waals surface area contributed by atoms with Gasteiger partial charge in [-0.1, -0.05) is 42.4 Å². The fraction of sp³-hybridized carbons (Fsp3) is 0.440. The summed E-state index contributed by atoms with van der Waals surface area (Å²) in [5.41, 5.74) is 2.40. The summed E-state index contributed by atoms with van der Waals surface area (Å²) in [6.07, 6.45) is 3.16. The van der Waals surface area contributed by atoms with Crippen molar-refractivity contribution in [2.24, 2.45) is 5.92 Å². The van der Waals surface area contributed by atoms with E-state index in [1.807, 2.05) is 26.0 Å². The van der Waals surface area contributed by atoms with Gasteiger partial charge in [0, 0.05) is 30.8 Å². The quantitative estimate of drug-likeness (QED) is 0.329. The SMILES string of the molecule is CC(C)c1nnc(N2CCC(C(C)Oc3nc4ccc(-c5ccc(S(C)(=O)=O)cc5)nc4s3)CC2)o1. The Kier molecular flexibility index (Phi) is 6.69. The number of fused-ring (bicyclic) bond motifs is 1. The number of rotatable bonds is 7. The Morgan fingerprint density at radius 2 is 1.75 bits per heavy atom. The van der Waals surface area contributed by atoms with Crippen molar-refractivity contribution in [2.75, 3.05) is 24.2 Å². The van der Waals surface area contributed by atoms with E-state index in [-0.39, 0.29) is 16.9 Å². The predicted molar refractivity (Wildman–Crippen MR) is 139 cm³/mol. The Morgan fingerprint density at radius 1 is 1.03 bits per heavy atom. The zero-order valence-corrected chi connectivity index (χ0v) is 22.3. The van der Waals surface area contributed by atoms with Gasteiger partial charge in [0.25, 0.3) is 5.19 Å². The van der Waals surface area contributed by atoms with Crippen molar-refractivity contribution in [3.8, 4) is 16.5 Å². The van der Waals surface area contributed by atoms with Crippen LogP contribution in [0, 0.1) is 5.92 Å². The molecule has 9 nitrogen and oxygen atoms in total. The number of ether oxygens (including phenoxy) is 1. The van der Waals surface area contributed by atoms with Crippen molar-refractivity contribution in [3.63, 3.8) is 0 Å². The molecule has 1 saturated heterocycles. The van der Waals surface area contributed by atoms with Crippen LogP contribution in [0.4, 0.5) is 6.01 Å². The van der Waals surface area contributed by atoms with E-state index < -0.39 is 9.84 Å². The highest BCUT2D eigenvalue weighted by atomic mass is 32.2. The van der Waals surface area contributed by atoms with Gasteiger partial charge in [0.05, 0.1) is 10.6 Å². The summed E-state index contributed by atoms with van der Waals surface area (Å²) >= 11 is 1.42. The van der Waals surface area contributed by atoms with Crippen LogP contribution >= 0.6 is 11.3 Å². The minimum atomic E-state index is -3.23. The van der Waals surface area contributed by atoms with E-state index in [0.717, 1.165) is 47.5 Å². The van der Waals surface area contributed by atoms with Crippen LogP contribution in [0.3, 0.4) is 0 Å². The molecule has 36 heavy (non-hydrogen) atoms. The molecule has 0 spiro atoms. The van der Waals surface area contributed by atoms with Crippen LogP contribution in [0.5, 0.6) is 5.19 Å². The summed E-state index contributed by atoms with van der Waals surface area (Å²) in [5.74, 6) is 1.29. The summed E-state index contributed by atoms with van der Waals surface area (Å²) in [7, 11) is -3.23. The molecule has 1 aliphatic heterocycles. The van der Waals surface area contributed by atoms with Crippen molar-refractivity contribution in [1.29, 1.82) is 0 Å². The summed E-state index contributed by atoms with van der Waals surface area (Å²) in [6, 6.07) is 11.2. The van der Waals surface area contributed by atoms with E-state index >= 15 is 0 Å². The van der Waals surface area contributed by atoms with Crippen LogP contribution in [0.2, 0.25) is 0 Å². The number of thiazole rings is 1. The lowest BCUT2D eigenvalue weighted by Gasteiger charge is -2.33. The first-order valence-electron chi connectivity index (χ1n) is 12.0. The maximum Gasteiger partial charge on any atom is 0.318 e. The molecule has 0 saturated carbocycles. The van der Waals surface area contributed by atoms with Crippen molar-refractivity contribution < 1.29 is 17.6 Å². The molecule has 0 N–H and O–H groups in total. The summed E-state index contributed by atoms with van der Waals surface area (Å²) in [4.78, 5) is 12.6. The van der Waals surface area contributed by atoms with Gasteiger partial charge in [-0.05, 0) is 49.9 Å². The smallest absolute Gasteiger partial charge is 0.318 e. The van der Waals surface area contributed by atoms with Crippen LogP contribution in [0.1, 0.15) is 45.4 Å². The third-order valence-corrected chi connectivity index (χ3v) is 8.48. The number of nitrogens with zero attached hydrogens (tertiary/aromatic N) is 5. The second-order valence-corrected chi connectivity index (χ2v) is 12.5. The van der Waals surface area contributed by atoms with Crippen LogP contribution in [-0.2, 0) is 9.84 Å². The normalized spacial score (nSPS) is 16.1. The lowest BCUT2D eigenvalue weighted by atomic mass is 9.92. The van der Waals surface area contributed by atoms with Crippen molar-refractivity contribution in [1.82, 2.24) is 20.2 Å². The second-order valence-electron chi connectivity index (χ2n) is 9.52. The van der Waals surface area contributed by atoms with Crippen molar-refractivity contribution in [2.45, 2.75) is 50.5 Å². The number of benzene rings is 1. The van der Waals surface area contributed by atoms with E-state index in [1.165, 1.54) is 17.6 Å². The third kappa shape index (κ3) is 5.22. The van der Waals surface area contributed by atoms with E-state index in [9.17, 15) is 8.42 Å². The minimum absolute atomic E-state index is 0.0182. The average Bonchev–Trinajstić information content (AvgIpc) is 3.50. The van der Waals surface area contributed by atoms with Gasteiger partial charge in [-0.25, -0.2) is 18.4 Å². The average molecular weight is 528 g/mol. The molecule has 0 amide bonds. The molecule has 5 rings (SSSR count). The number of aromatic nitrogens is 4. The van der Waals surface area contributed by atoms with Gasteiger partial charge < -0.3 is 14.1 Å². The number of anilines is 1. The molecule has 1 unspecified atom stereocenters. The maximum absolute atomic E-state index is 11.7. The Morgan fingerprint density at radius 3 is 2.39 bits per heavy atom. The molecule has 1 aromatic carbocycles. The Labute approximate surface area is 214 Å². The van der Waals surface area contributed by atoms with E-state index in [2.05, 4.69) is 27.0 Å². The number of piperidine rings is 1. The highest BCUT2D eigenvalue weighted by molar-refractivity contribution is 7.90. The standard InChI is InChI=1S/C25H29N5O4S2/c1-15(2)22-28-29-24(34-22)30-13-11-17(12-14-30)16(3)33-25-27-21-10-9-20(26-23(21)35-25)18-5-7-19(8-6-18)36(4,31)32/h5-10,15-17H,11-14H2,1-4H3. The highest BCUT2D eigenvalue weighted by Gasteiger charge is 2.28. The second kappa shape index (κ2) is 9.78. The lowest BCUT2D eigenvalue weighted by Crippen LogP contribution is -2.38. The molecule has 1 atom stereocenters. The monoisotopic (exact) mass is 527 g/mol. The molecule has 1 fully saturated rings. The van der Waals surface area contributed by atoms with E-state index in [1.54, 1.807) is 24.3 Å². The first-order valence-corrected chi connectivity index (χ1v) is 14.7. The number of pyridine rings is 1. The van der Waals surface area contributed by atoms with E-state index in [4.69, 9.17) is 14.1 Å². The highest BCUT2D eigenvalue weighted by Crippen LogP contribution is 2.32. The molecule has 4 aromatic rings. The molecule has 1 aliphatic rings. The van der Waals surface area contributed by atoms with Gasteiger partial charge in [0.2, 0.25) is 5.89 Å². The van der Waals surface area contributed by atoms with Gasteiger partial charge in [-0.2, -0.15) is 0 Å². The molecule has 11 heteroatoms. The molecular weight excluding hydrogens is 498 g/mol. The van der Waals surface area contributed by atoms with Gasteiger partial charge in [0.1, 0.15) is 16.5 Å². The van der Waals surface area contributed by atoms with Crippen LogP contribution < -0.4 is 9.64 Å². The fourth-order valence-electron chi connectivity index (χ4n) is 4.28. The molecule has 3 aromatic heterocycles. The van der Waals surface area contributed by atoms with Crippen molar-refractivity contribution in [3.05, 3.63) is 42.3 Å². The summed E-state index contributed by atoms with van der Waals surface area (Å²) < 4.78 is 35.5. The first kappa shape index (κ1) is 24.6. The number of hydrogen-bond donors (Lipinski definition) is 0. The van der Waals surface area contributed by atoms with Crippen LogP contribution in [0.25, 0.3) is 21.6 Å². The predicted octanol–water partition coefficient (Wildman–Crippen LogP) is 4.95. The largest absolute Gasteiger partial charge is 0.467 e. The Balaban J connectivity index is 1.22. The zero-order valence-electron chi connectivity index (χ0n) is 20.7. The number of hydrogen-bond acceptors (Lipinski definition) is 10. The number of sulfone groups is 1.